The molecule has 11 heteroatoms. The summed E-state index contributed by atoms with van der Waals surface area (Å²) in [5.41, 5.74) is 6.57. The SMILES string of the molecule is O=C(O)N[C@@H](C(=O)N1CCC[C@H]1c1ncc(-c2ccc(-c3ccc(-c4cnc([C@@H]5CCCN5C(=O)C5CC5)[nH]4)cc3)cc2)[nH]1)c1ccccc1. The van der Waals surface area contributed by atoms with Gasteiger partial charge in [0.1, 0.15) is 17.7 Å². The predicted molar refractivity (Wildman–Crippen MR) is 187 cm³/mol. The van der Waals surface area contributed by atoms with Crippen LogP contribution in [-0.4, -0.2) is 65.8 Å². The summed E-state index contributed by atoms with van der Waals surface area (Å²) < 4.78 is 0. The average Bonchev–Trinajstić information content (AvgIpc) is 3.60. The van der Waals surface area contributed by atoms with Crippen molar-refractivity contribution < 1.29 is 19.5 Å². The summed E-state index contributed by atoms with van der Waals surface area (Å²) in [7, 11) is 0. The first-order valence-electron chi connectivity index (χ1n) is 17.4. The second-order valence-electron chi connectivity index (χ2n) is 13.5. The number of carboxylic acid groups (broad SMARTS) is 1. The fourth-order valence-electron chi connectivity index (χ4n) is 7.41. The Balaban J connectivity index is 0.938. The van der Waals surface area contributed by atoms with Gasteiger partial charge in [-0.05, 0) is 66.3 Å². The molecule has 2 aromatic heterocycles. The van der Waals surface area contributed by atoms with E-state index in [-0.39, 0.29) is 29.8 Å². The monoisotopic (exact) mass is 669 g/mol. The van der Waals surface area contributed by atoms with E-state index >= 15 is 0 Å². The van der Waals surface area contributed by atoms with Gasteiger partial charge in [0.25, 0.3) is 5.91 Å². The number of likely N-dealkylation sites (tertiary alicyclic amines) is 2. The second-order valence-corrected chi connectivity index (χ2v) is 13.5. The van der Waals surface area contributed by atoms with Gasteiger partial charge in [0.15, 0.2) is 0 Å². The van der Waals surface area contributed by atoms with Crippen molar-refractivity contribution in [3.8, 4) is 33.6 Å². The zero-order valence-corrected chi connectivity index (χ0v) is 27.6. The maximum Gasteiger partial charge on any atom is 0.405 e. The van der Waals surface area contributed by atoms with Gasteiger partial charge < -0.3 is 30.2 Å². The van der Waals surface area contributed by atoms with Crippen LogP contribution in [0.4, 0.5) is 4.79 Å². The Morgan fingerprint density at radius 2 is 1.18 bits per heavy atom. The van der Waals surface area contributed by atoms with Crippen molar-refractivity contribution in [2.24, 2.45) is 5.92 Å². The highest BCUT2D eigenvalue weighted by molar-refractivity contribution is 5.87. The molecule has 3 aromatic carbocycles. The fourth-order valence-corrected chi connectivity index (χ4v) is 7.41. The number of aromatic amines is 2. The van der Waals surface area contributed by atoms with Crippen molar-refractivity contribution in [2.45, 2.75) is 56.7 Å². The molecule has 50 heavy (non-hydrogen) atoms. The molecule has 0 unspecified atom stereocenters. The summed E-state index contributed by atoms with van der Waals surface area (Å²) >= 11 is 0. The number of H-pyrrole nitrogens is 2. The van der Waals surface area contributed by atoms with Crippen molar-refractivity contribution >= 4 is 17.9 Å². The summed E-state index contributed by atoms with van der Waals surface area (Å²) in [5.74, 6) is 1.76. The van der Waals surface area contributed by atoms with Gasteiger partial charge in [-0.2, -0.15) is 0 Å². The third-order valence-electron chi connectivity index (χ3n) is 10.2. The Bertz CT molecular complexity index is 2000. The number of hydrogen-bond acceptors (Lipinski definition) is 5. The third kappa shape index (κ3) is 6.26. The molecule has 254 valence electrons. The van der Waals surface area contributed by atoms with Crippen LogP contribution in [-0.2, 0) is 9.59 Å². The van der Waals surface area contributed by atoms with Crippen LogP contribution in [0.25, 0.3) is 33.6 Å². The zero-order valence-electron chi connectivity index (χ0n) is 27.6. The number of imidazole rings is 2. The lowest BCUT2D eigenvalue weighted by atomic mass is 10.0. The highest BCUT2D eigenvalue weighted by atomic mass is 16.4. The van der Waals surface area contributed by atoms with Crippen LogP contribution in [0.1, 0.15) is 73.9 Å². The van der Waals surface area contributed by atoms with E-state index in [0.717, 1.165) is 84.5 Å². The van der Waals surface area contributed by atoms with E-state index in [4.69, 9.17) is 0 Å². The molecular formula is C39H39N7O4. The van der Waals surface area contributed by atoms with E-state index in [1.807, 2.05) is 17.2 Å². The number of amides is 3. The summed E-state index contributed by atoms with van der Waals surface area (Å²) in [6.07, 6.45) is 7.93. The van der Waals surface area contributed by atoms with E-state index in [0.29, 0.717) is 17.9 Å². The van der Waals surface area contributed by atoms with Crippen molar-refractivity contribution in [1.29, 1.82) is 0 Å². The standard InChI is InChI=1S/C39H39N7O4/c47-37(29-18-19-29)45-20-4-8-32(45)35-40-22-30(42-35)26-14-10-24(11-15-26)25-12-16-27(17-13-25)31-23-41-36(43-31)33-9-5-21-46(33)38(48)34(44-39(49)50)28-6-2-1-3-7-28/h1-3,6-7,10-17,22-23,29,32-34,44H,4-5,8-9,18-21H2,(H,40,42)(H,41,43)(H,49,50)/t32-,33-,34+/m0/s1. The van der Waals surface area contributed by atoms with E-state index in [1.54, 1.807) is 35.4 Å². The number of nitrogens with zero attached hydrogens (tertiary/aromatic N) is 4. The van der Waals surface area contributed by atoms with Gasteiger partial charge in [-0.15, -0.1) is 0 Å². The third-order valence-corrected chi connectivity index (χ3v) is 10.2. The molecule has 1 saturated carbocycles. The van der Waals surface area contributed by atoms with E-state index < -0.39 is 12.1 Å². The van der Waals surface area contributed by atoms with Crippen molar-refractivity contribution in [1.82, 2.24) is 35.1 Å². The smallest absolute Gasteiger partial charge is 0.405 e. The van der Waals surface area contributed by atoms with Gasteiger partial charge in [-0.1, -0.05) is 78.9 Å². The maximum atomic E-state index is 13.7. The number of aromatic nitrogens is 4. The summed E-state index contributed by atoms with van der Waals surface area (Å²) in [6, 6.07) is 24.4. The molecule has 11 nitrogen and oxygen atoms in total. The Kier molecular flexibility index (Phi) is 8.39. The van der Waals surface area contributed by atoms with Crippen LogP contribution in [0, 0.1) is 5.92 Å². The lowest BCUT2D eigenvalue weighted by Gasteiger charge is -2.28. The van der Waals surface area contributed by atoms with Crippen LogP contribution in [0.3, 0.4) is 0 Å². The van der Waals surface area contributed by atoms with Gasteiger partial charge >= 0.3 is 6.09 Å². The van der Waals surface area contributed by atoms with E-state index in [2.05, 4.69) is 73.8 Å². The normalized spacial score (nSPS) is 19.4. The second kappa shape index (κ2) is 13.3. The largest absolute Gasteiger partial charge is 0.465 e. The molecule has 3 aliphatic rings. The van der Waals surface area contributed by atoms with Gasteiger partial charge in [0, 0.05) is 19.0 Å². The highest BCUT2D eigenvalue weighted by Gasteiger charge is 2.40. The molecule has 5 aromatic rings. The summed E-state index contributed by atoms with van der Waals surface area (Å²) in [4.78, 5) is 58.0. The van der Waals surface area contributed by atoms with Crippen molar-refractivity contribution in [3.05, 3.63) is 108 Å². The minimum Gasteiger partial charge on any atom is -0.465 e. The molecule has 2 saturated heterocycles. The number of carbonyl (C=O) groups excluding carboxylic acids is 2. The molecular weight excluding hydrogens is 630 g/mol. The van der Waals surface area contributed by atoms with E-state index in [1.165, 1.54) is 0 Å². The topological polar surface area (TPSA) is 147 Å². The molecule has 3 atom stereocenters. The average molecular weight is 670 g/mol. The molecule has 3 amide bonds. The number of benzene rings is 3. The van der Waals surface area contributed by atoms with Gasteiger partial charge in [0.05, 0.1) is 35.9 Å². The van der Waals surface area contributed by atoms with Gasteiger partial charge in [-0.25, -0.2) is 14.8 Å². The van der Waals surface area contributed by atoms with Gasteiger partial charge in [0.2, 0.25) is 5.91 Å². The molecule has 0 radical (unpaired) electrons. The Morgan fingerprint density at radius 3 is 1.70 bits per heavy atom. The molecule has 4 heterocycles. The molecule has 0 bridgehead atoms. The first-order chi connectivity index (χ1) is 24.4. The predicted octanol–water partition coefficient (Wildman–Crippen LogP) is 6.88. The minimum absolute atomic E-state index is 0.0355. The maximum absolute atomic E-state index is 13.7. The lowest BCUT2D eigenvalue weighted by molar-refractivity contribution is -0.135. The quantitative estimate of drug-likeness (QED) is 0.135. The van der Waals surface area contributed by atoms with Crippen molar-refractivity contribution in [3.63, 3.8) is 0 Å². The lowest BCUT2D eigenvalue weighted by Crippen LogP contribution is -2.42. The Morgan fingerprint density at radius 1 is 0.680 bits per heavy atom. The minimum atomic E-state index is -1.25. The number of hydrogen-bond donors (Lipinski definition) is 4. The van der Waals surface area contributed by atoms with Gasteiger partial charge in [-0.3, -0.25) is 9.59 Å². The first-order valence-corrected chi connectivity index (χ1v) is 17.4. The molecule has 4 N–H and O–H groups in total. The van der Waals surface area contributed by atoms with Crippen molar-refractivity contribution in [2.75, 3.05) is 13.1 Å². The molecule has 2 aliphatic heterocycles. The van der Waals surface area contributed by atoms with Crippen LogP contribution in [0.2, 0.25) is 0 Å². The summed E-state index contributed by atoms with van der Waals surface area (Å²) in [5, 5.41) is 11.9. The number of rotatable bonds is 9. The zero-order chi connectivity index (χ0) is 34.2. The Hall–Kier alpha value is -5.71. The molecule has 0 spiro atoms. The van der Waals surface area contributed by atoms with Crippen LogP contribution < -0.4 is 5.32 Å². The van der Waals surface area contributed by atoms with Crippen LogP contribution in [0.5, 0.6) is 0 Å². The number of nitrogens with one attached hydrogen (secondary N) is 3. The Labute approximate surface area is 289 Å². The first kappa shape index (κ1) is 31.6. The van der Waals surface area contributed by atoms with E-state index in [9.17, 15) is 19.5 Å². The summed E-state index contributed by atoms with van der Waals surface area (Å²) in [6.45, 7) is 1.34. The molecule has 3 fully saturated rings. The fraction of sp³-hybridized carbons (Fsp3) is 0.308. The number of carbonyl (C=O) groups is 3. The molecule has 1 aliphatic carbocycles. The highest BCUT2D eigenvalue weighted by Crippen LogP contribution is 2.39. The van der Waals surface area contributed by atoms with Crippen LogP contribution >= 0.6 is 0 Å². The molecule has 8 rings (SSSR count). The van der Waals surface area contributed by atoms with Crippen LogP contribution in [0.15, 0.2) is 91.3 Å².